The number of benzene rings is 2. The Kier molecular flexibility index (Phi) is 7.07. The van der Waals surface area contributed by atoms with Gasteiger partial charge in [0, 0.05) is 13.1 Å². The molecule has 170 valence electrons. The van der Waals surface area contributed by atoms with E-state index in [4.69, 9.17) is 21.7 Å². The molecule has 0 bridgehead atoms. The standard InChI is InChI=1S/C23H20N2O6S2/c26-20(24-8-10-30-11-9-24)14-31-18-6-4-15(5-7-18)12-19-21(27)25(23(32)33-19)17-3-1-2-16(13-17)22(28)29/h1-7,12-13H,8-11,14H2,(H,28,29)/b19-12+. The first-order valence-corrected chi connectivity index (χ1v) is 11.3. The van der Waals surface area contributed by atoms with Crippen molar-refractivity contribution in [1.82, 2.24) is 4.90 Å². The minimum absolute atomic E-state index is 0.0482. The number of nitrogens with zero attached hydrogens (tertiary/aromatic N) is 2. The van der Waals surface area contributed by atoms with Gasteiger partial charge < -0.3 is 19.5 Å². The van der Waals surface area contributed by atoms with E-state index in [0.29, 0.717) is 47.0 Å². The number of thioether (sulfide) groups is 1. The SMILES string of the molecule is O=C(O)c1cccc(N2C(=O)/C(=C\c3ccc(OCC(=O)N4CCOCC4)cc3)SC2=S)c1. The van der Waals surface area contributed by atoms with Crippen molar-refractivity contribution in [2.75, 3.05) is 37.8 Å². The van der Waals surface area contributed by atoms with Gasteiger partial charge in [0.2, 0.25) is 0 Å². The lowest BCUT2D eigenvalue weighted by molar-refractivity contribution is -0.137. The topological polar surface area (TPSA) is 96.4 Å². The molecule has 2 heterocycles. The number of carbonyl (C=O) groups is 3. The zero-order valence-electron chi connectivity index (χ0n) is 17.4. The minimum atomic E-state index is -1.08. The van der Waals surface area contributed by atoms with E-state index in [9.17, 15) is 19.5 Å². The van der Waals surface area contributed by atoms with Crippen LogP contribution in [0.15, 0.2) is 53.4 Å². The van der Waals surface area contributed by atoms with E-state index < -0.39 is 5.97 Å². The number of carboxylic acid groups (broad SMARTS) is 1. The summed E-state index contributed by atoms with van der Waals surface area (Å²) in [5.74, 6) is -0.930. The summed E-state index contributed by atoms with van der Waals surface area (Å²) in [6, 6.07) is 13.1. The number of aromatic carboxylic acids is 1. The molecule has 2 aromatic carbocycles. The summed E-state index contributed by atoms with van der Waals surface area (Å²) >= 11 is 6.50. The summed E-state index contributed by atoms with van der Waals surface area (Å²) in [4.78, 5) is 39.8. The zero-order chi connectivity index (χ0) is 23.4. The van der Waals surface area contributed by atoms with Gasteiger partial charge in [-0.2, -0.15) is 0 Å². The predicted octanol–water partition coefficient (Wildman–Crippen LogP) is 3.03. The normalized spacial score (nSPS) is 17.5. The summed E-state index contributed by atoms with van der Waals surface area (Å²) in [5.41, 5.74) is 1.25. The van der Waals surface area contributed by atoms with Gasteiger partial charge >= 0.3 is 5.97 Å². The van der Waals surface area contributed by atoms with Gasteiger partial charge in [-0.25, -0.2) is 4.79 Å². The lowest BCUT2D eigenvalue weighted by Crippen LogP contribution is -2.42. The highest BCUT2D eigenvalue weighted by atomic mass is 32.2. The highest BCUT2D eigenvalue weighted by molar-refractivity contribution is 8.27. The van der Waals surface area contributed by atoms with Crippen LogP contribution in [0.2, 0.25) is 0 Å². The number of ether oxygens (including phenoxy) is 2. The molecule has 0 aromatic heterocycles. The van der Waals surface area contributed by atoms with Crippen LogP contribution in [-0.2, 0) is 14.3 Å². The van der Waals surface area contributed by atoms with Crippen LogP contribution in [0, 0.1) is 0 Å². The Morgan fingerprint density at radius 3 is 2.58 bits per heavy atom. The molecule has 2 saturated heterocycles. The fourth-order valence-corrected chi connectivity index (χ4v) is 4.63. The van der Waals surface area contributed by atoms with Crippen molar-refractivity contribution >= 4 is 57.8 Å². The van der Waals surface area contributed by atoms with Crippen LogP contribution in [0.5, 0.6) is 5.75 Å². The van der Waals surface area contributed by atoms with E-state index in [0.717, 1.165) is 17.3 Å². The molecule has 0 saturated carbocycles. The molecule has 2 fully saturated rings. The van der Waals surface area contributed by atoms with Gasteiger partial charge in [0.15, 0.2) is 10.9 Å². The zero-order valence-corrected chi connectivity index (χ0v) is 19.1. The Morgan fingerprint density at radius 1 is 1.15 bits per heavy atom. The molecule has 8 nitrogen and oxygen atoms in total. The molecule has 2 amide bonds. The van der Waals surface area contributed by atoms with Crippen LogP contribution in [0.4, 0.5) is 5.69 Å². The van der Waals surface area contributed by atoms with Crippen molar-refractivity contribution in [1.29, 1.82) is 0 Å². The Labute approximate surface area is 199 Å². The van der Waals surface area contributed by atoms with Gasteiger partial charge in [0.1, 0.15) is 5.75 Å². The lowest BCUT2D eigenvalue weighted by atomic mass is 10.1. The van der Waals surface area contributed by atoms with Gasteiger partial charge in [-0.1, -0.05) is 42.2 Å². The number of carboxylic acids is 1. The maximum Gasteiger partial charge on any atom is 0.335 e. The molecular weight excluding hydrogens is 464 g/mol. The van der Waals surface area contributed by atoms with Crippen molar-refractivity contribution in [2.24, 2.45) is 0 Å². The van der Waals surface area contributed by atoms with Gasteiger partial charge in [0.25, 0.3) is 11.8 Å². The maximum absolute atomic E-state index is 12.9. The molecule has 2 aliphatic rings. The average molecular weight is 485 g/mol. The quantitative estimate of drug-likeness (QED) is 0.494. The number of hydrogen-bond acceptors (Lipinski definition) is 7. The van der Waals surface area contributed by atoms with Crippen molar-refractivity contribution in [3.8, 4) is 5.75 Å². The van der Waals surface area contributed by atoms with Crippen LogP contribution in [0.3, 0.4) is 0 Å². The number of rotatable bonds is 6. The smallest absolute Gasteiger partial charge is 0.335 e. The third-order valence-corrected chi connectivity index (χ3v) is 6.35. The van der Waals surface area contributed by atoms with Gasteiger partial charge in [-0.15, -0.1) is 0 Å². The van der Waals surface area contributed by atoms with Gasteiger partial charge in [-0.05, 0) is 42.0 Å². The summed E-state index contributed by atoms with van der Waals surface area (Å²) < 4.78 is 11.2. The molecule has 2 aliphatic heterocycles. The monoisotopic (exact) mass is 484 g/mol. The van der Waals surface area contributed by atoms with E-state index in [2.05, 4.69) is 0 Å². The number of hydrogen-bond donors (Lipinski definition) is 1. The molecule has 2 aromatic rings. The van der Waals surface area contributed by atoms with Gasteiger partial charge in [0.05, 0.1) is 29.4 Å². The minimum Gasteiger partial charge on any atom is -0.484 e. The highest BCUT2D eigenvalue weighted by Gasteiger charge is 2.33. The maximum atomic E-state index is 12.9. The molecule has 1 N–H and O–H groups in total. The van der Waals surface area contributed by atoms with Crippen molar-refractivity contribution in [3.63, 3.8) is 0 Å². The average Bonchev–Trinajstić information content (AvgIpc) is 3.11. The molecule has 0 radical (unpaired) electrons. The first kappa shape index (κ1) is 23.0. The van der Waals surface area contributed by atoms with Crippen LogP contribution in [0.1, 0.15) is 15.9 Å². The summed E-state index contributed by atoms with van der Waals surface area (Å²) in [5, 5.41) is 9.20. The molecular formula is C23H20N2O6S2. The van der Waals surface area contributed by atoms with E-state index in [1.807, 2.05) is 0 Å². The molecule has 0 aliphatic carbocycles. The van der Waals surface area contributed by atoms with Crippen LogP contribution < -0.4 is 9.64 Å². The van der Waals surface area contributed by atoms with Crippen LogP contribution in [-0.4, -0.2) is 65.0 Å². The Hall–Kier alpha value is -3.21. The Bertz CT molecular complexity index is 1130. The second-order valence-corrected chi connectivity index (χ2v) is 8.90. The predicted molar refractivity (Wildman–Crippen MR) is 128 cm³/mol. The second-order valence-electron chi connectivity index (χ2n) is 7.22. The van der Waals surface area contributed by atoms with E-state index >= 15 is 0 Å². The molecule has 0 atom stereocenters. The molecule has 0 spiro atoms. The third-order valence-electron chi connectivity index (χ3n) is 5.05. The molecule has 10 heteroatoms. The third kappa shape index (κ3) is 5.41. The van der Waals surface area contributed by atoms with Gasteiger partial charge in [-0.3, -0.25) is 14.5 Å². The fourth-order valence-electron chi connectivity index (χ4n) is 3.33. The summed E-state index contributed by atoms with van der Waals surface area (Å²) in [7, 11) is 0. The number of anilines is 1. The van der Waals surface area contributed by atoms with E-state index in [1.165, 1.54) is 17.0 Å². The molecule has 4 rings (SSSR count). The lowest BCUT2D eigenvalue weighted by Gasteiger charge is -2.26. The first-order valence-electron chi connectivity index (χ1n) is 10.1. The number of carbonyl (C=O) groups excluding carboxylic acids is 2. The van der Waals surface area contributed by atoms with Crippen molar-refractivity contribution < 1.29 is 29.0 Å². The highest BCUT2D eigenvalue weighted by Crippen LogP contribution is 2.36. The van der Waals surface area contributed by atoms with Crippen LogP contribution >= 0.6 is 24.0 Å². The largest absolute Gasteiger partial charge is 0.484 e. The molecule has 0 unspecified atom stereocenters. The van der Waals surface area contributed by atoms with Crippen molar-refractivity contribution in [2.45, 2.75) is 0 Å². The fraction of sp³-hybridized carbons (Fsp3) is 0.217. The van der Waals surface area contributed by atoms with E-state index in [-0.39, 0.29) is 24.0 Å². The summed E-state index contributed by atoms with van der Waals surface area (Å²) in [6.45, 7) is 2.17. The number of amides is 2. The second kappa shape index (κ2) is 10.2. The Morgan fingerprint density at radius 2 is 1.88 bits per heavy atom. The van der Waals surface area contributed by atoms with Crippen molar-refractivity contribution in [3.05, 3.63) is 64.6 Å². The first-order chi connectivity index (χ1) is 15.9. The molecule has 33 heavy (non-hydrogen) atoms. The van der Waals surface area contributed by atoms with E-state index in [1.54, 1.807) is 47.4 Å². The Balaban J connectivity index is 1.41. The van der Waals surface area contributed by atoms with Crippen LogP contribution in [0.25, 0.3) is 6.08 Å². The summed E-state index contributed by atoms with van der Waals surface area (Å²) in [6.07, 6.45) is 1.71. The number of thiocarbonyl (C=S) groups is 1. The number of morpholine rings is 1.